The smallest absolute Gasteiger partial charge is 0.350 e. The number of rotatable bonds is 10. The molecule has 0 saturated heterocycles. The van der Waals surface area contributed by atoms with Crippen molar-refractivity contribution in [1.82, 2.24) is 19.5 Å². The summed E-state index contributed by atoms with van der Waals surface area (Å²) in [7, 11) is -2.90. The molecule has 1 aliphatic rings. The maximum absolute atomic E-state index is 13.1. The van der Waals surface area contributed by atoms with Gasteiger partial charge in [0.15, 0.2) is 22.8 Å². The van der Waals surface area contributed by atoms with E-state index in [2.05, 4.69) is 20.3 Å². The van der Waals surface area contributed by atoms with Gasteiger partial charge in [0, 0.05) is 7.11 Å². The summed E-state index contributed by atoms with van der Waals surface area (Å²) in [5.41, 5.74) is 1.33. The Bertz CT molecular complexity index is 1270. The van der Waals surface area contributed by atoms with Crippen molar-refractivity contribution in [2.24, 2.45) is 5.92 Å². The van der Waals surface area contributed by atoms with Gasteiger partial charge >= 0.3 is 7.60 Å². The fourth-order valence-electron chi connectivity index (χ4n) is 4.19. The molecule has 2 aromatic heterocycles. The number of imidazole rings is 1. The van der Waals surface area contributed by atoms with Gasteiger partial charge in [-0.1, -0.05) is 30.3 Å². The number of halogens is 1. The molecule has 4 rings (SSSR count). The maximum atomic E-state index is 13.1. The first-order valence-electron chi connectivity index (χ1n) is 10.8. The van der Waals surface area contributed by atoms with Gasteiger partial charge in [-0.15, -0.1) is 0 Å². The summed E-state index contributed by atoms with van der Waals surface area (Å²) in [5, 5.41) is 24.2. The Kier molecular flexibility index (Phi) is 8.03. The zero-order chi connectivity index (χ0) is 26.0. The molecule has 194 valence electrons. The Morgan fingerprint density at radius 2 is 1.92 bits per heavy atom. The number of Topliss-reactive ketones (excluding diaryl/α,β-unsaturated/α-hetero) is 1. The van der Waals surface area contributed by atoms with Crippen LogP contribution >= 0.6 is 19.2 Å². The largest absolute Gasteiger partial charge is 0.389 e. The standard InChI is InChI=1S/C21H25ClN5O8P/c1-34-8-13(11-5-3-2-4-6-11)24-19-14-20(26-21(22)25-19)27(9-23-14)15-16(28)12(17(29)18(15)30)7-35-10-36(31,32)33/h2-6,9,12-13,15,17-18,29-30H,7-8,10H2,1H3,(H,24,25,26)(H2,31,32,33)/t12-,13?,15-,17-,18+/m0/s1. The predicted octanol–water partition coefficient (Wildman–Crippen LogP) is 0.893. The molecule has 15 heteroatoms. The van der Waals surface area contributed by atoms with Gasteiger partial charge in [-0.05, 0) is 17.2 Å². The van der Waals surface area contributed by atoms with E-state index < -0.39 is 50.5 Å². The summed E-state index contributed by atoms with van der Waals surface area (Å²) in [4.78, 5) is 43.7. The van der Waals surface area contributed by atoms with Crippen LogP contribution in [-0.2, 0) is 18.8 Å². The molecule has 1 fully saturated rings. The minimum absolute atomic E-state index is 0.141. The number of carbonyl (C=O) groups excluding carboxylic acids is 1. The fourth-order valence-corrected chi connectivity index (χ4v) is 4.70. The number of aromatic nitrogens is 4. The third-order valence-electron chi connectivity index (χ3n) is 5.84. The highest BCUT2D eigenvalue weighted by molar-refractivity contribution is 7.51. The van der Waals surface area contributed by atoms with Crippen molar-refractivity contribution >= 4 is 42.0 Å². The van der Waals surface area contributed by atoms with Gasteiger partial charge in [-0.2, -0.15) is 9.97 Å². The van der Waals surface area contributed by atoms with Gasteiger partial charge in [0.05, 0.1) is 37.6 Å². The first-order valence-corrected chi connectivity index (χ1v) is 13.0. The molecule has 1 aromatic carbocycles. The highest BCUT2D eigenvalue weighted by atomic mass is 35.5. The Morgan fingerprint density at radius 3 is 2.58 bits per heavy atom. The van der Waals surface area contributed by atoms with Crippen LogP contribution in [0.1, 0.15) is 17.6 Å². The van der Waals surface area contributed by atoms with E-state index in [0.29, 0.717) is 6.61 Å². The molecule has 0 spiro atoms. The van der Waals surface area contributed by atoms with E-state index in [1.165, 1.54) is 10.9 Å². The average Bonchev–Trinajstić information content (AvgIpc) is 3.32. The molecular weight excluding hydrogens is 517 g/mol. The quantitative estimate of drug-likeness (QED) is 0.180. The van der Waals surface area contributed by atoms with Crippen molar-refractivity contribution in [1.29, 1.82) is 0 Å². The second-order valence-corrected chi connectivity index (χ2v) is 10.3. The number of aliphatic hydroxyl groups excluding tert-OH is 2. The zero-order valence-electron chi connectivity index (χ0n) is 19.0. The van der Waals surface area contributed by atoms with Crippen molar-refractivity contribution in [2.75, 3.05) is 32.0 Å². The Hall–Kier alpha value is -2.48. The van der Waals surface area contributed by atoms with Crippen LogP contribution in [-0.4, -0.2) is 84.2 Å². The van der Waals surface area contributed by atoms with Gasteiger partial charge in [-0.3, -0.25) is 9.36 Å². The fraction of sp³-hybridized carbons (Fsp3) is 0.429. The Morgan fingerprint density at radius 1 is 1.19 bits per heavy atom. The van der Waals surface area contributed by atoms with Crippen LogP contribution in [0.15, 0.2) is 36.7 Å². The second kappa shape index (κ2) is 10.9. The van der Waals surface area contributed by atoms with Crippen LogP contribution in [0.25, 0.3) is 11.2 Å². The molecule has 2 heterocycles. The molecular formula is C21H25ClN5O8P. The monoisotopic (exact) mass is 541 g/mol. The predicted molar refractivity (Wildman–Crippen MR) is 127 cm³/mol. The Labute approximate surface area is 210 Å². The summed E-state index contributed by atoms with van der Waals surface area (Å²) >= 11 is 6.18. The molecule has 5 atom stereocenters. The third-order valence-corrected chi connectivity index (χ3v) is 6.53. The molecule has 36 heavy (non-hydrogen) atoms. The van der Waals surface area contributed by atoms with E-state index >= 15 is 0 Å². The molecule has 0 bridgehead atoms. The number of aliphatic hydroxyl groups is 2. The van der Waals surface area contributed by atoms with Gasteiger partial charge in [0.1, 0.15) is 18.5 Å². The number of benzene rings is 1. The number of ether oxygens (including phenoxy) is 2. The van der Waals surface area contributed by atoms with E-state index in [-0.39, 0.29) is 28.3 Å². The number of anilines is 1. The normalized spacial score (nSPS) is 23.3. The molecule has 3 aromatic rings. The number of hydrogen-bond donors (Lipinski definition) is 5. The molecule has 5 N–H and O–H groups in total. The van der Waals surface area contributed by atoms with Crippen molar-refractivity contribution in [3.63, 3.8) is 0 Å². The van der Waals surface area contributed by atoms with Crippen molar-refractivity contribution < 1.29 is 38.8 Å². The number of nitrogens with one attached hydrogen (secondary N) is 1. The van der Waals surface area contributed by atoms with Crippen molar-refractivity contribution in [3.8, 4) is 0 Å². The Balaban J connectivity index is 1.64. The number of methoxy groups -OCH3 is 1. The summed E-state index contributed by atoms with van der Waals surface area (Å²) in [6.45, 7) is -0.181. The van der Waals surface area contributed by atoms with Crippen molar-refractivity contribution in [2.45, 2.75) is 24.3 Å². The molecule has 0 radical (unpaired) electrons. The highest BCUT2D eigenvalue weighted by Crippen LogP contribution is 2.38. The van der Waals surface area contributed by atoms with Gasteiger partial charge in [0.2, 0.25) is 5.28 Å². The van der Waals surface area contributed by atoms with Crippen LogP contribution in [0.4, 0.5) is 5.82 Å². The first-order chi connectivity index (χ1) is 17.1. The molecule has 1 saturated carbocycles. The molecule has 0 amide bonds. The number of hydrogen-bond acceptors (Lipinski definition) is 10. The molecule has 0 aliphatic heterocycles. The van der Waals surface area contributed by atoms with Crippen molar-refractivity contribution in [3.05, 3.63) is 47.5 Å². The number of fused-ring (bicyclic) bond motifs is 1. The first kappa shape index (κ1) is 26.6. The highest BCUT2D eigenvalue weighted by Gasteiger charge is 2.50. The van der Waals surface area contributed by atoms with Gasteiger partial charge in [0.25, 0.3) is 0 Å². The summed E-state index contributed by atoms with van der Waals surface area (Å²) in [6, 6.07) is 7.89. The van der Waals surface area contributed by atoms with E-state index in [4.69, 9.17) is 30.9 Å². The lowest BCUT2D eigenvalue weighted by Gasteiger charge is -2.20. The minimum Gasteiger partial charge on any atom is -0.389 e. The lowest BCUT2D eigenvalue weighted by atomic mass is 10.1. The van der Waals surface area contributed by atoms with Gasteiger partial charge in [-0.25, -0.2) is 4.98 Å². The summed E-state index contributed by atoms with van der Waals surface area (Å²) < 4.78 is 22.6. The number of nitrogens with zero attached hydrogens (tertiary/aromatic N) is 4. The second-order valence-electron chi connectivity index (χ2n) is 8.33. The summed E-state index contributed by atoms with van der Waals surface area (Å²) in [6.07, 6.45) is -2.71. The lowest BCUT2D eigenvalue weighted by molar-refractivity contribution is -0.126. The number of ketones is 1. The van der Waals surface area contributed by atoms with E-state index in [1.807, 2.05) is 30.3 Å². The zero-order valence-corrected chi connectivity index (χ0v) is 20.7. The maximum Gasteiger partial charge on any atom is 0.350 e. The van der Waals surface area contributed by atoms with E-state index in [1.54, 1.807) is 7.11 Å². The van der Waals surface area contributed by atoms with Crippen LogP contribution in [0.5, 0.6) is 0 Å². The third kappa shape index (κ3) is 5.58. The summed E-state index contributed by atoms with van der Waals surface area (Å²) in [5.74, 6) is -1.55. The van der Waals surface area contributed by atoms with Crippen LogP contribution in [0.3, 0.4) is 0 Å². The van der Waals surface area contributed by atoms with E-state index in [9.17, 15) is 19.6 Å². The molecule has 1 aliphatic carbocycles. The lowest BCUT2D eigenvalue weighted by Crippen LogP contribution is -2.31. The SMILES string of the molecule is COCC(Nc1nc(Cl)nc2c1ncn2[C@H]1C(=O)[C@H](COCP(=O)(O)O)[C@H](O)[C@@H]1O)c1ccccc1. The number of carbonyl (C=O) groups is 1. The van der Waals surface area contributed by atoms with Crippen LogP contribution in [0, 0.1) is 5.92 Å². The molecule has 13 nitrogen and oxygen atoms in total. The molecule has 1 unspecified atom stereocenters. The van der Waals surface area contributed by atoms with Gasteiger partial charge < -0.3 is 39.4 Å². The van der Waals surface area contributed by atoms with E-state index in [0.717, 1.165) is 5.56 Å². The average molecular weight is 542 g/mol. The van der Waals surface area contributed by atoms with Crippen LogP contribution in [0.2, 0.25) is 5.28 Å². The minimum atomic E-state index is -4.46. The topological polar surface area (TPSA) is 189 Å². The van der Waals surface area contributed by atoms with Crippen LogP contribution < -0.4 is 5.32 Å².